The van der Waals surface area contributed by atoms with E-state index in [1.54, 1.807) is 0 Å². The molecule has 0 radical (unpaired) electrons. The molecule has 0 aromatic heterocycles. The lowest BCUT2D eigenvalue weighted by Crippen LogP contribution is -2.42. The Kier molecular flexibility index (Phi) is 4.15. The molecule has 1 aromatic carbocycles. The fourth-order valence-electron chi connectivity index (χ4n) is 2.65. The molecule has 3 nitrogen and oxygen atoms in total. The molecule has 0 amide bonds. The van der Waals surface area contributed by atoms with Gasteiger partial charge in [-0.25, -0.2) is 0 Å². The molecule has 0 saturated carbocycles. The van der Waals surface area contributed by atoms with E-state index in [0.29, 0.717) is 11.6 Å². The van der Waals surface area contributed by atoms with Gasteiger partial charge in [-0.05, 0) is 31.6 Å². The molecule has 0 bridgehead atoms. The minimum Gasteiger partial charge on any atom is -0.489 e. The van der Waals surface area contributed by atoms with Crippen LogP contribution in [-0.2, 0) is 0 Å². The molecule has 0 spiro atoms. The molecule has 2 rings (SSSR count). The average molecular weight is 270 g/mol. The summed E-state index contributed by atoms with van der Waals surface area (Å²) < 4.78 is 5.58. The van der Waals surface area contributed by atoms with Crippen LogP contribution in [0.5, 0.6) is 5.75 Å². The number of hydrogen-bond donors (Lipinski definition) is 1. The average Bonchev–Trinajstić information content (AvgIpc) is 2.33. The third-order valence-corrected chi connectivity index (χ3v) is 3.78. The molecule has 100 valence electrons. The number of likely N-dealkylation sites (N-methyl/N-ethyl adjacent to an activating group) is 1. The minimum atomic E-state index is -0.504. The lowest BCUT2D eigenvalue weighted by molar-refractivity contribution is 0.00369. The fourth-order valence-corrected chi connectivity index (χ4v) is 2.99. The summed E-state index contributed by atoms with van der Waals surface area (Å²) >= 11 is 6.23. The number of benzene rings is 1. The van der Waals surface area contributed by atoms with Gasteiger partial charge in [-0.3, -0.25) is 4.90 Å². The van der Waals surface area contributed by atoms with E-state index in [9.17, 15) is 5.11 Å². The van der Waals surface area contributed by atoms with Crippen LogP contribution in [0.3, 0.4) is 0 Å². The molecule has 1 aliphatic heterocycles. The van der Waals surface area contributed by atoms with Crippen LogP contribution in [-0.4, -0.2) is 35.8 Å². The third-order valence-electron chi connectivity index (χ3n) is 3.50. The molecule has 1 N–H and O–H groups in total. The second-order valence-corrected chi connectivity index (χ2v) is 5.12. The summed E-state index contributed by atoms with van der Waals surface area (Å²) in [7, 11) is 0. The van der Waals surface area contributed by atoms with Crippen LogP contribution >= 0.6 is 11.6 Å². The van der Waals surface area contributed by atoms with Gasteiger partial charge in [-0.15, -0.1) is 0 Å². The Balaban J connectivity index is 2.49. The predicted molar refractivity (Wildman–Crippen MR) is 73.4 cm³/mol. The van der Waals surface area contributed by atoms with Gasteiger partial charge in [0.25, 0.3) is 0 Å². The normalized spacial score (nSPS) is 22.8. The monoisotopic (exact) mass is 269 g/mol. The smallest absolute Gasteiger partial charge is 0.142 e. The molecule has 1 aromatic rings. The highest BCUT2D eigenvalue weighted by Gasteiger charge is 2.34. The highest BCUT2D eigenvalue weighted by molar-refractivity contribution is 6.32. The van der Waals surface area contributed by atoms with Crippen LogP contribution in [0.25, 0.3) is 0 Å². The van der Waals surface area contributed by atoms with Gasteiger partial charge in [-0.2, -0.15) is 0 Å². The summed E-state index contributed by atoms with van der Waals surface area (Å²) in [4.78, 5) is 2.24. The molecule has 0 fully saturated rings. The van der Waals surface area contributed by atoms with E-state index < -0.39 is 6.10 Å². The van der Waals surface area contributed by atoms with Gasteiger partial charge < -0.3 is 9.84 Å². The second kappa shape index (κ2) is 5.47. The van der Waals surface area contributed by atoms with E-state index in [-0.39, 0.29) is 6.04 Å². The van der Waals surface area contributed by atoms with Gasteiger partial charge in [0.1, 0.15) is 18.5 Å². The van der Waals surface area contributed by atoms with Gasteiger partial charge >= 0.3 is 0 Å². The largest absolute Gasteiger partial charge is 0.489 e. The van der Waals surface area contributed by atoms with Crippen molar-refractivity contribution in [2.24, 2.45) is 0 Å². The zero-order chi connectivity index (χ0) is 13.3. The van der Waals surface area contributed by atoms with Crippen LogP contribution in [0, 0.1) is 6.92 Å². The molecule has 1 aliphatic rings. The maximum absolute atomic E-state index is 10.2. The van der Waals surface area contributed by atoms with E-state index in [0.717, 1.165) is 30.0 Å². The first-order valence-electron chi connectivity index (χ1n) is 6.43. The van der Waals surface area contributed by atoms with Crippen LogP contribution in [0.2, 0.25) is 5.02 Å². The zero-order valence-corrected chi connectivity index (χ0v) is 11.9. The first kappa shape index (κ1) is 13.7. The van der Waals surface area contributed by atoms with E-state index in [4.69, 9.17) is 16.3 Å². The number of halogens is 1. The van der Waals surface area contributed by atoms with Crippen LogP contribution in [0.15, 0.2) is 12.1 Å². The number of aliphatic hydroxyl groups is 1. The SMILES string of the molecule is CCN(CC)C1c2cc(C)cc(Cl)c2OCC1O. The van der Waals surface area contributed by atoms with Crippen molar-refractivity contribution in [2.75, 3.05) is 19.7 Å². The molecule has 4 heteroatoms. The van der Waals surface area contributed by atoms with Crippen LogP contribution < -0.4 is 4.74 Å². The van der Waals surface area contributed by atoms with Gasteiger partial charge in [0.15, 0.2) is 0 Å². The van der Waals surface area contributed by atoms with Crippen molar-refractivity contribution in [3.8, 4) is 5.75 Å². The Morgan fingerprint density at radius 1 is 1.39 bits per heavy atom. The standard InChI is InChI=1S/C14H20ClNO2/c1-4-16(5-2)13-10-6-9(3)7-11(15)14(10)18-8-12(13)17/h6-7,12-13,17H,4-5,8H2,1-3H3. The van der Waals surface area contributed by atoms with Crippen LogP contribution in [0.4, 0.5) is 0 Å². The Hall–Kier alpha value is -0.770. The van der Waals surface area contributed by atoms with Gasteiger partial charge in [0, 0.05) is 5.56 Å². The van der Waals surface area contributed by atoms with Crippen molar-refractivity contribution in [2.45, 2.75) is 32.9 Å². The second-order valence-electron chi connectivity index (χ2n) is 4.71. The first-order chi connectivity index (χ1) is 8.58. The van der Waals surface area contributed by atoms with E-state index in [1.807, 2.05) is 13.0 Å². The summed E-state index contributed by atoms with van der Waals surface area (Å²) in [6, 6.07) is 3.94. The molecule has 18 heavy (non-hydrogen) atoms. The van der Waals surface area contributed by atoms with Crippen molar-refractivity contribution >= 4 is 11.6 Å². The van der Waals surface area contributed by atoms with Crippen molar-refractivity contribution < 1.29 is 9.84 Å². The van der Waals surface area contributed by atoms with Crippen LogP contribution in [0.1, 0.15) is 31.0 Å². The summed E-state index contributed by atoms with van der Waals surface area (Å²) in [5, 5.41) is 10.9. The molecular formula is C14H20ClNO2. The Bertz CT molecular complexity index is 432. The molecular weight excluding hydrogens is 250 g/mol. The zero-order valence-electron chi connectivity index (χ0n) is 11.1. The summed E-state index contributed by atoms with van der Waals surface area (Å²) in [5.41, 5.74) is 2.09. The van der Waals surface area contributed by atoms with Crippen molar-refractivity contribution in [3.05, 3.63) is 28.3 Å². The maximum atomic E-state index is 10.2. The van der Waals surface area contributed by atoms with E-state index in [2.05, 4.69) is 24.8 Å². The van der Waals surface area contributed by atoms with Crippen molar-refractivity contribution in [3.63, 3.8) is 0 Å². The van der Waals surface area contributed by atoms with Crippen molar-refractivity contribution in [1.29, 1.82) is 0 Å². The fraction of sp³-hybridized carbons (Fsp3) is 0.571. The number of aliphatic hydroxyl groups excluding tert-OH is 1. The summed E-state index contributed by atoms with van der Waals surface area (Å²) in [6.07, 6.45) is -0.504. The highest BCUT2D eigenvalue weighted by Crippen LogP contribution is 2.41. The first-order valence-corrected chi connectivity index (χ1v) is 6.81. The Morgan fingerprint density at radius 3 is 2.67 bits per heavy atom. The highest BCUT2D eigenvalue weighted by atomic mass is 35.5. The molecule has 0 saturated heterocycles. The molecule has 2 atom stereocenters. The molecule has 1 heterocycles. The Morgan fingerprint density at radius 2 is 2.06 bits per heavy atom. The topological polar surface area (TPSA) is 32.7 Å². The van der Waals surface area contributed by atoms with Gasteiger partial charge in [0.2, 0.25) is 0 Å². The lowest BCUT2D eigenvalue weighted by atomic mass is 9.95. The number of hydrogen-bond acceptors (Lipinski definition) is 3. The summed E-state index contributed by atoms with van der Waals surface area (Å²) in [6.45, 7) is 8.29. The number of rotatable bonds is 3. The Labute approximate surface area is 113 Å². The lowest BCUT2D eigenvalue weighted by Gasteiger charge is -2.38. The van der Waals surface area contributed by atoms with E-state index in [1.165, 1.54) is 0 Å². The van der Waals surface area contributed by atoms with Gasteiger partial charge in [-0.1, -0.05) is 31.5 Å². The number of nitrogens with zero attached hydrogens (tertiary/aromatic N) is 1. The quantitative estimate of drug-likeness (QED) is 0.916. The minimum absolute atomic E-state index is 0.0267. The maximum Gasteiger partial charge on any atom is 0.142 e. The predicted octanol–water partition coefficient (Wildman–Crippen LogP) is 2.78. The molecule has 2 unspecified atom stereocenters. The van der Waals surface area contributed by atoms with E-state index >= 15 is 0 Å². The third kappa shape index (κ3) is 2.35. The number of ether oxygens (including phenoxy) is 1. The summed E-state index contributed by atoms with van der Waals surface area (Å²) in [5.74, 6) is 0.726. The number of fused-ring (bicyclic) bond motifs is 1. The van der Waals surface area contributed by atoms with Gasteiger partial charge in [0.05, 0.1) is 11.1 Å². The number of aryl methyl sites for hydroxylation is 1. The molecule has 0 aliphatic carbocycles. The van der Waals surface area contributed by atoms with Crippen molar-refractivity contribution in [1.82, 2.24) is 4.90 Å².